The molecule has 2 fully saturated rings. The second-order valence-electron chi connectivity index (χ2n) is 7.23. The molecule has 4 rings (SSSR count). The minimum absolute atomic E-state index is 0.0836. The maximum absolute atomic E-state index is 12.5. The Kier molecular flexibility index (Phi) is 5.69. The normalized spacial score (nSPS) is 20.2. The van der Waals surface area contributed by atoms with Gasteiger partial charge in [0.1, 0.15) is 0 Å². The van der Waals surface area contributed by atoms with Gasteiger partial charge in [0.25, 0.3) is 0 Å². The van der Waals surface area contributed by atoms with Crippen molar-refractivity contribution in [2.24, 2.45) is 0 Å². The third-order valence-corrected chi connectivity index (χ3v) is 5.29. The van der Waals surface area contributed by atoms with E-state index in [0.717, 1.165) is 18.5 Å². The van der Waals surface area contributed by atoms with Crippen molar-refractivity contribution in [2.45, 2.75) is 25.4 Å². The summed E-state index contributed by atoms with van der Waals surface area (Å²) in [6.45, 7) is 3.15. The molecule has 0 saturated carbocycles. The van der Waals surface area contributed by atoms with Crippen LogP contribution in [0.3, 0.4) is 0 Å². The van der Waals surface area contributed by atoms with E-state index in [4.69, 9.17) is 4.84 Å². The highest BCUT2D eigenvalue weighted by Gasteiger charge is 2.33. The standard InChI is InChI=1S/C22H25N3O3/c26-21(25-12-4-14-28-25)15-20-22(27)23-11-13-24(20)16-17-7-9-19(10-8-17)18-5-2-1-3-6-18/h1-3,5-10,20H,4,11-16H2,(H,23,27)/t20-/m1/s1. The number of hydrogen-bond acceptors (Lipinski definition) is 4. The second kappa shape index (κ2) is 8.54. The first kappa shape index (κ1) is 18.7. The number of nitrogens with one attached hydrogen (secondary N) is 1. The number of hydrogen-bond donors (Lipinski definition) is 1. The molecule has 1 atom stereocenters. The second-order valence-corrected chi connectivity index (χ2v) is 7.23. The van der Waals surface area contributed by atoms with E-state index in [-0.39, 0.29) is 18.2 Å². The van der Waals surface area contributed by atoms with E-state index in [9.17, 15) is 9.59 Å². The molecule has 0 unspecified atom stereocenters. The van der Waals surface area contributed by atoms with E-state index >= 15 is 0 Å². The molecule has 0 radical (unpaired) electrons. The van der Waals surface area contributed by atoms with Crippen molar-refractivity contribution in [1.29, 1.82) is 0 Å². The van der Waals surface area contributed by atoms with Gasteiger partial charge >= 0.3 is 0 Å². The molecule has 0 aromatic heterocycles. The van der Waals surface area contributed by atoms with E-state index in [2.05, 4.69) is 46.6 Å². The Morgan fingerprint density at radius 3 is 2.50 bits per heavy atom. The summed E-state index contributed by atoms with van der Waals surface area (Å²) in [5.74, 6) is -0.205. The zero-order valence-electron chi connectivity index (χ0n) is 15.8. The van der Waals surface area contributed by atoms with Gasteiger partial charge < -0.3 is 5.32 Å². The van der Waals surface area contributed by atoms with Crippen molar-refractivity contribution >= 4 is 11.8 Å². The first-order valence-corrected chi connectivity index (χ1v) is 9.80. The average molecular weight is 379 g/mol. The lowest BCUT2D eigenvalue weighted by molar-refractivity contribution is -0.171. The fourth-order valence-electron chi connectivity index (χ4n) is 3.75. The zero-order valence-corrected chi connectivity index (χ0v) is 15.8. The predicted molar refractivity (Wildman–Crippen MR) is 106 cm³/mol. The van der Waals surface area contributed by atoms with Crippen LogP contribution in [-0.2, 0) is 21.0 Å². The van der Waals surface area contributed by atoms with Crippen LogP contribution in [0.15, 0.2) is 54.6 Å². The van der Waals surface area contributed by atoms with E-state index in [1.807, 2.05) is 18.2 Å². The molecule has 2 amide bonds. The highest BCUT2D eigenvalue weighted by molar-refractivity contribution is 5.88. The Balaban J connectivity index is 1.44. The van der Waals surface area contributed by atoms with Gasteiger partial charge in [-0.25, -0.2) is 5.06 Å². The largest absolute Gasteiger partial charge is 0.353 e. The summed E-state index contributed by atoms with van der Waals surface area (Å²) >= 11 is 0. The van der Waals surface area contributed by atoms with E-state index in [0.29, 0.717) is 26.2 Å². The Morgan fingerprint density at radius 1 is 1.04 bits per heavy atom. The molecule has 2 aromatic rings. The molecule has 0 spiro atoms. The average Bonchev–Trinajstić information content (AvgIpc) is 3.27. The van der Waals surface area contributed by atoms with Crippen molar-refractivity contribution in [1.82, 2.24) is 15.3 Å². The zero-order chi connectivity index (χ0) is 19.3. The lowest BCUT2D eigenvalue weighted by atomic mass is 10.0. The Hall–Kier alpha value is -2.70. The van der Waals surface area contributed by atoms with Crippen LogP contribution in [0, 0.1) is 0 Å². The van der Waals surface area contributed by atoms with Crippen LogP contribution in [0.1, 0.15) is 18.4 Å². The van der Waals surface area contributed by atoms with Crippen LogP contribution in [-0.4, -0.2) is 54.1 Å². The number of benzene rings is 2. The summed E-state index contributed by atoms with van der Waals surface area (Å²) in [5.41, 5.74) is 3.48. The monoisotopic (exact) mass is 379 g/mol. The molecule has 2 aromatic carbocycles. The molecule has 2 saturated heterocycles. The minimum atomic E-state index is -0.459. The molecule has 0 bridgehead atoms. The number of piperazine rings is 1. The van der Waals surface area contributed by atoms with Crippen LogP contribution in [0.25, 0.3) is 11.1 Å². The quantitative estimate of drug-likeness (QED) is 0.865. The summed E-state index contributed by atoms with van der Waals surface area (Å²) < 4.78 is 0. The summed E-state index contributed by atoms with van der Waals surface area (Å²) in [6.07, 6.45) is 0.994. The molecule has 146 valence electrons. The predicted octanol–water partition coefficient (Wildman–Crippen LogP) is 2.21. The van der Waals surface area contributed by atoms with Gasteiger partial charge in [-0.3, -0.25) is 19.3 Å². The fourth-order valence-corrected chi connectivity index (χ4v) is 3.75. The van der Waals surface area contributed by atoms with Crippen LogP contribution in [0.4, 0.5) is 0 Å². The first-order chi connectivity index (χ1) is 13.7. The van der Waals surface area contributed by atoms with E-state index in [1.165, 1.54) is 16.2 Å². The fraction of sp³-hybridized carbons (Fsp3) is 0.364. The van der Waals surface area contributed by atoms with Gasteiger partial charge in [-0.2, -0.15) is 0 Å². The van der Waals surface area contributed by atoms with Crippen LogP contribution < -0.4 is 5.32 Å². The Morgan fingerprint density at radius 2 is 1.79 bits per heavy atom. The molecular weight excluding hydrogens is 354 g/mol. The topological polar surface area (TPSA) is 61.9 Å². The van der Waals surface area contributed by atoms with Gasteiger partial charge in [-0.05, 0) is 23.1 Å². The van der Waals surface area contributed by atoms with Gasteiger partial charge in [-0.1, -0.05) is 54.6 Å². The smallest absolute Gasteiger partial charge is 0.248 e. The van der Waals surface area contributed by atoms with Crippen molar-refractivity contribution < 1.29 is 14.4 Å². The van der Waals surface area contributed by atoms with Gasteiger partial charge in [0.05, 0.1) is 25.6 Å². The van der Waals surface area contributed by atoms with Crippen LogP contribution in [0.2, 0.25) is 0 Å². The Bertz CT molecular complexity index is 817. The number of nitrogens with zero attached hydrogens (tertiary/aromatic N) is 2. The number of amides is 2. The van der Waals surface area contributed by atoms with Gasteiger partial charge in [0.2, 0.25) is 11.8 Å². The van der Waals surface area contributed by atoms with Gasteiger partial charge in [0, 0.05) is 19.6 Å². The summed E-state index contributed by atoms with van der Waals surface area (Å²) in [7, 11) is 0. The van der Waals surface area contributed by atoms with Gasteiger partial charge in [-0.15, -0.1) is 0 Å². The maximum Gasteiger partial charge on any atom is 0.248 e. The summed E-state index contributed by atoms with van der Waals surface area (Å²) in [4.78, 5) is 32.3. The third-order valence-electron chi connectivity index (χ3n) is 5.29. The van der Waals surface area contributed by atoms with Crippen molar-refractivity contribution in [2.75, 3.05) is 26.2 Å². The molecule has 6 heteroatoms. The van der Waals surface area contributed by atoms with Crippen LogP contribution >= 0.6 is 0 Å². The number of carbonyl (C=O) groups excluding carboxylic acids is 2. The molecular formula is C22H25N3O3. The molecule has 28 heavy (non-hydrogen) atoms. The Labute approximate surface area is 165 Å². The van der Waals surface area contributed by atoms with E-state index < -0.39 is 6.04 Å². The molecule has 2 aliphatic rings. The van der Waals surface area contributed by atoms with E-state index in [1.54, 1.807) is 0 Å². The lowest BCUT2D eigenvalue weighted by Gasteiger charge is -2.35. The minimum Gasteiger partial charge on any atom is -0.353 e. The molecule has 2 heterocycles. The lowest BCUT2D eigenvalue weighted by Crippen LogP contribution is -2.56. The van der Waals surface area contributed by atoms with Crippen molar-refractivity contribution in [3.8, 4) is 11.1 Å². The van der Waals surface area contributed by atoms with Crippen LogP contribution in [0.5, 0.6) is 0 Å². The highest BCUT2D eigenvalue weighted by atomic mass is 16.7. The molecule has 0 aliphatic carbocycles. The number of rotatable bonds is 5. The van der Waals surface area contributed by atoms with Gasteiger partial charge in [0.15, 0.2) is 0 Å². The third kappa shape index (κ3) is 4.24. The highest BCUT2D eigenvalue weighted by Crippen LogP contribution is 2.21. The van der Waals surface area contributed by atoms with Crippen molar-refractivity contribution in [3.05, 3.63) is 60.2 Å². The summed E-state index contributed by atoms with van der Waals surface area (Å²) in [5, 5.41) is 4.28. The molecule has 2 aliphatic heterocycles. The maximum atomic E-state index is 12.5. The summed E-state index contributed by atoms with van der Waals surface area (Å²) in [6, 6.07) is 18.2. The number of hydroxylamine groups is 2. The molecule has 1 N–H and O–H groups in total. The van der Waals surface area contributed by atoms with Crippen molar-refractivity contribution in [3.63, 3.8) is 0 Å². The molecule has 6 nitrogen and oxygen atoms in total. The SMILES string of the molecule is O=C1NCCN(Cc2ccc(-c3ccccc3)cc2)[C@@H]1CC(=O)N1CCCO1. The number of carbonyl (C=O) groups is 2. The first-order valence-electron chi connectivity index (χ1n) is 9.80.